The van der Waals surface area contributed by atoms with Gasteiger partial charge in [-0.3, -0.25) is 0 Å². The molecule has 0 radical (unpaired) electrons. The van der Waals surface area contributed by atoms with Crippen molar-refractivity contribution in [3.8, 4) is 11.3 Å². The highest BCUT2D eigenvalue weighted by Gasteiger charge is 2.16. The van der Waals surface area contributed by atoms with Crippen molar-refractivity contribution >= 4 is 21.7 Å². The lowest BCUT2D eigenvalue weighted by atomic mass is 10.0. The molecule has 0 saturated heterocycles. The highest BCUT2D eigenvalue weighted by molar-refractivity contribution is 6.06. The van der Waals surface area contributed by atoms with E-state index in [1.165, 1.54) is 27.3 Å². The van der Waals surface area contributed by atoms with Gasteiger partial charge in [0.1, 0.15) is 5.52 Å². The van der Waals surface area contributed by atoms with E-state index in [2.05, 4.69) is 73.7 Å². The summed E-state index contributed by atoms with van der Waals surface area (Å²) in [5, 5.41) is 8.47. The van der Waals surface area contributed by atoms with Gasteiger partial charge in [0.2, 0.25) is 5.69 Å². The predicted octanol–water partition coefficient (Wildman–Crippen LogP) is 4.19. The summed E-state index contributed by atoms with van der Waals surface area (Å²) in [4.78, 5) is 0. The van der Waals surface area contributed by atoms with E-state index in [0.29, 0.717) is 0 Å². The molecular weight excluding hydrogens is 268 g/mol. The van der Waals surface area contributed by atoms with Gasteiger partial charge >= 0.3 is 0 Å². The van der Waals surface area contributed by atoms with Crippen LogP contribution in [0.2, 0.25) is 0 Å². The Bertz CT molecular complexity index is 1000. The maximum absolute atomic E-state index is 4.76. The van der Waals surface area contributed by atoms with Crippen LogP contribution in [-0.4, -0.2) is 5.10 Å². The molecule has 3 aromatic carbocycles. The van der Waals surface area contributed by atoms with E-state index in [0.717, 1.165) is 11.2 Å². The van der Waals surface area contributed by atoms with Crippen molar-refractivity contribution in [1.82, 2.24) is 5.10 Å². The second-order valence-corrected chi connectivity index (χ2v) is 5.69. The molecular formula is C20H17N2+. The zero-order chi connectivity index (χ0) is 15.1. The lowest BCUT2D eigenvalue weighted by molar-refractivity contribution is -0.717. The number of aryl methyl sites for hydroxylation is 2. The molecule has 0 bridgehead atoms. The maximum atomic E-state index is 4.76. The molecule has 0 amide bonds. The van der Waals surface area contributed by atoms with Gasteiger partial charge in [-0.2, -0.15) is 0 Å². The second kappa shape index (κ2) is 4.92. The van der Waals surface area contributed by atoms with E-state index in [4.69, 9.17) is 5.10 Å². The summed E-state index contributed by atoms with van der Waals surface area (Å²) in [6, 6.07) is 23.4. The summed E-state index contributed by atoms with van der Waals surface area (Å²) in [5.41, 5.74) is 4.66. The van der Waals surface area contributed by atoms with E-state index < -0.39 is 0 Å². The van der Waals surface area contributed by atoms with E-state index >= 15 is 0 Å². The first-order chi connectivity index (χ1) is 10.7. The Hall–Kier alpha value is -2.74. The Kier molecular flexibility index (Phi) is 2.90. The van der Waals surface area contributed by atoms with Crippen LogP contribution < -0.4 is 4.68 Å². The molecule has 4 aromatic rings. The standard InChI is InChI=1S/C20H17N2/c1-14-7-3-5-9-16(14)20-13-18-17-10-6-4-8-15(17)11-12-19(18)21-22(20)2/h3-13H,1-2H3/q+1. The Morgan fingerprint density at radius 2 is 1.59 bits per heavy atom. The second-order valence-electron chi connectivity index (χ2n) is 5.69. The van der Waals surface area contributed by atoms with Crippen LogP contribution in [0.3, 0.4) is 0 Å². The van der Waals surface area contributed by atoms with E-state index in [1.807, 2.05) is 11.7 Å². The lowest BCUT2D eigenvalue weighted by Gasteiger charge is -2.06. The number of fused-ring (bicyclic) bond motifs is 3. The van der Waals surface area contributed by atoms with E-state index in [-0.39, 0.29) is 0 Å². The van der Waals surface area contributed by atoms with Gasteiger partial charge in [-0.1, -0.05) is 53.2 Å². The molecule has 0 N–H and O–H groups in total. The number of aromatic nitrogens is 2. The van der Waals surface area contributed by atoms with Crippen LogP contribution in [0, 0.1) is 6.92 Å². The molecule has 0 aliphatic carbocycles. The third-order valence-corrected chi connectivity index (χ3v) is 4.26. The van der Waals surface area contributed by atoms with Gasteiger partial charge < -0.3 is 0 Å². The topological polar surface area (TPSA) is 16.8 Å². The molecule has 0 unspecified atom stereocenters. The van der Waals surface area contributed by atoms with Gasteiger partial charge in [-0.15, -0.1) is 0 Å². The van der Waals surface area contributed by atoms with Gasteiger partial charge in [0.05, 0.1) is 5.56 Å². The highest BCUT2D eigenvalue weighted by atomic mass is 15.2. The van der Waals surface area contributed by atoms with Crippen molar-refractivity contribution < 1.29 is 4.68 Å². The van der Waals surface area contributed by atoms with Gasteiger partial charge in [0.25, 0.3) is 0 Å². The number of nitrogens with zero attached hydrogens (tertiary/aromatic N) is 2. The van der Waals surface area contributed by atoms with Crippen molar-refractivity contribution in [2.24, 2.45) is 7.05 Å². The molecule has 4 rings (SSSR count). The number of hydrogen-bond donors (Lipinski definition) is 0. The Morgan fingerprint density at radius 3 is 2.45 bits per heavy atom. The minimum Gasteiger partial charge on any atom is -0.0858 e. The van der Waals surface area contributed by atoms with Crippen molar-refractivity contribution in [3.63, 3.8) is 0 Å². The smallest absolute Gasteiger partial charge is 0.0858 e. The molecule has 22 heavy (non-hydrogen) atoms. The van der Waals surface area contributed by atoms with Crippen LogP contribution in [0.4, 0.5) is 0 Å². The summed E-state index contributed by atoms with van der Waals surface area (Å²) >= 11 is 0. The van der Waals surface area contributed by atoms with Crippen LogP contribution in [-0.2, 0) is 7.05 Å². The van der Waals surface area contributed by atoms with E-state index in [1.54, 1.807) is 0 Å². The van der Waals surface area contributed by atoms with Gasteiger partial charge in [0.15, 0.2) is 7.05 Å². The first-order valence-electron chi connectivity index (χ1n) is 7.49. The minimum atomic E-state index is 1.03. The van der Waals surface area contributed by atoms with Gasteiger partial charge in [-0.25, -0.2) is 0 Å². The number of benzene rings is 3. The van der Waals surface area contributed by atoms with Crippen LogP contribution in [0.1, 0.15) is 5.56 Å². The molecule has 106 valence electrons. The first-order valence-corrected chi connectivity index (χ1v) is 7.49. The molecule has 2 heteroatoms. The highest BCUT2D eigenvalue weighted by Crippen LogP contribution is 2.27. The summed E-state index contributed by atoms with van der Waals surface area (Å²) in [7, 11) is 2.01. The van der Waals surface area contributed by atoms with Crippen molar-refractivity contribution in [3.05, 3.63) is 72.3 Å². The summed E-state index contributed by atoms with van der Waals surface area (Å²) in [5.74, 6) is 0. The predicted molar refractivity (Wildman–Crippen MR) is 90.6 cm³/mol. The molecule has 0 spiro atoms. The third-order valence-electron chi connectivity index (χ3n) is 4.26. The van der Waals surface area contributed by atoms with Crippen molar-refractivity contribution in [1.29, 1.82) is 0 Å². The summed E-state index contributed by atoms with van der Waals surface area (Å²) < 4.78 is 1.97. The Labute approximate surface area is 129 Å². The van der Waals surface area contributed by atoms with Crippen LogP contribution >= 0.6 is 0 Å². The van der Waals surface area contributed by atoms with Gasteiger partial charge in [-0.05, 0) is 35.4 Å². The zero-order valence-corrected chi connectivity index (χ0v) is 12.7. The Morgan fingerprint density at radius 1 is 0.818 bits per heavy atom. The largest absolute Gasteiger partial charge is 0.239 e. The molecule has 0 aliphatic heterocycles. The van der Waals surface area contributed by atoms with Gasteiger partial charge in [0, 0.05) is 16.6 Å². The van der Waals surface area contributed by atoms with Crippen molar-refractivity contribution in [2.45, 2.75) is 6.92 Å². The summed E-state index contributed by atoms with van der Waals surface area (Å²) in [6.45, 7) is 2.14. The SMILES string of the molecule is Cc1ccccc1-c1cc2c(ccc3ccccc32)n[n+]1C. The Balaban J connectivity index is 2.10. The van der Waals surface area contributed by atoms with Crippen LogP contribution in [0.25, 0.3) is 32.9 Å². The average Bonchev–Trinajstić information content (AvgIpc) is 2.55. The fourth-order valence-electron chi connectivity index (χ4n) is 3.08. The molecule has 0 aliphatic rings. The first kappa shape index (κ1) is 13.0. The molecule has 0 atom stereocenters. The van der Waals surface area contributed by atoms with Crippen LogP contribution in [0.15, 0.2) is 66.7 Å². The van der Waals surface area contributed by atoms with E-state index in [9.17, 15) is 0 Å². The molecule has 1 heterocycles. The average molecular weight is 285 g/mol. The maximum Gasteiger partial charge on any atom is 0.239 e. The molecule has 0 saturated carbocycles. The number of hydrogen-bond acceptors (Lipinski definition) is 1. The summed E-state index contributed by atoms with van der Waals surface area (Å²) in [6.07, 6.45) is 0. The number of rotatable bonds is 1. The molecule has 2 nitrogen and oxygen atoms in total. The quantitative estimate of drug-likeness (QED) is 0.378. The lowest BCUT2D eigenvalue weighted by Crippen LogP contribution is -2.35. The monoisotopic (exact) mass is 285 g/mol. The zero-order valence-electron chi connectivity index (χ0n) is 12.7. The van der Waals surface area contributed by atoms with Crippen molar-refractivity contribution in [2.75, 3.05) is 0 Å². The third kappa shape index (κ3) is 1.96. The molecule has 1 aromatic heterocycles. The fourth-order valence-corrected chi connectivity index (χ4v) is 3.08. The molecule has 0 fully saturated rings. The minimum absolute atomic E-state index is 1.03. The fraction of sp³-hybridized carbons (Fsp3) is 0.100. The van der Waals surface area contributed by atoms with Crippen LogP contribution in [0.5, 0.6) is 0 Å². The normalized spacial score (nSPS) is 11.2.